The van der Waals surface area contributed by atoms with E-state index in [0.29, 0.717) is 0 Å². The molecule has 0 saturated carbocycles. The molecule has 0 spiro atoms. The van der Waals surface area contributed by atoms with Crippen molar-refractivity contribution in [1.82, 2.24) is 0 Å². The Morgan fingerprint density at radius 3 is 2.21 bits per heavy atom. The standard InChI is InChI=1S/C19H22BrNO2.ClH/c20-17-8-6-16(7-9-17)19(22)18(15-4-2-1-3-5-15)14-21-10-12-23-13-11-21;/h1-9,18-19,22H,10-14H2;1H. The number of quaternary nitrogens is 1. The second-order valence-corrected chi connectivity index (χ2v) is 7.00. The van der Waals surface area contributed by atoms with E-state index in [4.69, 9.17) is 4.74 Å². The molecule has 0 amide bonds. The Morgan fingerprint density at radius 2 is 1.58 bits per heavy atom. The third-order valence-corrected chi connectivity index (χ3v) is 5.06. The van der Waals surface area contributed by atoms with Crippen LogP contribution >= 0.6 is 15.9 Å². The molecular weight excluding hydrogens is 390 g/mol. The van der Waals surface area contributed by atoms with Crippen molar-refractivity contribution in [3.63, 3.8) is 0 Å². The lowest BCUT2D eigenvalue weighted by molar-refractivity contribution is -0.909. The molecule has 3 nitrogen and oxygen atoms in total. The summed E-state index contributed by atoms with van der Waals surface area (Å²) in [4.78, 5) is 1.50. The van der Waals surface area contributed by atoms with Crippen molar-refractivity contribution in [3.8, 4) is 0 Å². The van der Waals surface area contributed by atoms with Crippen molar-refractivity contribution in [1.29, 1.82) is 0 Å². The SMILES string of the molecule is OC(c1ccc(Br)cc1)C(C[NH+]1CCOCC1)c1ccccc1.[Cl-]. The summed E-state index contributed by atoms with van der Waals surface area (Å²) >= 11 is 3.46. The molecule has 0 bridgehead atoms. The predicted octanol–water partition coefficient (Wildman–Crippen LogP) is -0.815. The van der Waals surface area contributed by atoms with Crippen LogP contribution in [-0.4, -0.2) is 38.0 Å². The topological polar surface area (TPSA) is 33.9 Å². The zero-order chi connectivity index (χ0) is 16.1. The molecule has 130 valence electrons. The Morgan fingerprint density at radius 1 is 0.958 bits per heavy atom. The van der Waals surface area contributed by atoms with Gasteiger partial charge in [0.05, 0.1) is 31.8 Å². The van der Waals surface area contributed by atoms with Crippen LogP contribution in [0.3, 0.4) is 0 Å². The van der Waals surface area contributed by atoms with E-state index in [1.165, 1.54) is 10.5 Å². The lowest BCUT2D eigenvalue weighted by Crippen LogP contribution is -3.14. The average molecular weight is 413 g/mol. The first-order chi connectivity index (χ1) is 11.2. The zero-order valence-corrected chi connectivity index (χ0v) is 15.8. The van der Waals surface area contributed by atoms with E-state index in [1.807, 2.05) is 42.5 Å². The monoisotopic (exact) mass is 411 g/mol. The van der Waals surface area contributed by atoms with E-state index in [1.54, 1.807) is 0 Å². The molecule has 2 aromatic rings. The number of benzene rings is 2. The van der Waals surface area contributed by atoms with Gasteiger partial charge in [-0.1, -0.05) is 58.4 Å². The maximum atomic E-state index is 11.0. The normalized spacial score (nSPS) is 17.8. The zero-order valence-electron chi connectivity index (χ0n) is 13.5. The van der Waals surface area contributed by atoms with Crippen LogP contribution in [0.25, 0.3) is 0 Å². The molecule has 1 fully saturated rings. The van der Waals surface area contributed by atoms with Crippen LogP contribution in [0, 0.1) is 0 Å². The summed E-state index contributed by atoms with van der Waals surface area (Å²) in [5.41, 5.74) is 2.16. The number of morpholine rings is 1. The van der Waals surface area contributed by atoms with Crippen molar-refractivity contribution in [2.75, 3.05) is 32.8 Å². The van der Waals surface area contributed by atoms with Gasteiger partial charge in [-0.2, -0.15) is 0 Å². The lowest BCUT2D eigenvalue weighted by Gasteiger charge is -2.30. The smallest absolute Gasteiger partial charge is 0.101 e. The minimum atomic E-state index is -0.499. The Labute approximate surface area is 158 Å². The number of hydrogen-bond acceptors (Lipinski definition) is 2. The second kappa shape index (κ2) is 9.54. The summed E-state index contributed by atoms with van der Waals surface area (Å²) in [6, 6.07) is 18.3. The molecule has 5 heteroatoms. The molecule has 0 radical (unpaired) electrons. The lowest BCUT2D eigenvalue weighted by atomic mass is 9.88. The molecule has 0 aromatic heterocycles. The Hall–Kier alpha value is -0.910. The van der Waals surface area contributed by atoms with E-state index in [-0.39, 0.29) is 18.3 Å². The first-order valence-electron chi connectivity index (χ1n) is 8.14. The third-order valence-electron chi connectivity index (χ3n) is 4.53. The summed E-state index contributed by atoms with van der Waals surface area (Å²) in [6.07, 6.45) is -0.499. The van der Waals surface area contributed by atoms with Gasteiger partial charge < -0.3 is 27.2 Å². The maximum Gasteiger partial charge on any atom is 0.101 e. The van der Waals surface area contributed by atoms with Gasteiger partial charge in [-0.05, 0) is 23.3 Å². The van der Waals surface area contributed by atoms with Crippen molar-refractivity contribution in [3.05, 3.63) is 70.2 Å². The minimum Gasteiger partial charge on any atom is -1.00 e. The van der Waals surface area contributed by atoms with Crippen LogP contribution < -0.4 is 17.3 Å². The van der Waals surface area contributed by atoms with Crippen molar-refractivity contribution >= 4 is 15.9 Å². The number of nitrogens with one attached hydrogen (secondary N) is 1. The first kappa shape index (κ1) is 19.4. The van der Waals surface area contributed by atoms with Gasteiger partial charge in [0.1, 0.15) is 13.1 Å². The Kier molecular flexibility index (Phi) is 7.72. The van der Waals surface area contributed by atoms with Crippen molar-refractivity contribution in [2.24, 2.45) is 0 Å². The van der Waals surface area contributed by atoms with Crippen molar-refractivity contribution in [2.45, 2.75) is 12.0 Å². The molecular formula is C19H23BrClNO2. The number of hydrogen-bond donors (Lipinski definition) is 2. The molecule has 24 heavy (non-hydrogen) atoms. The van der Waals surface area contributed by atoms with Crippen LogP contribution in [0.2, 0.25) is 0 Å². The molecule has 1 aliphatic heterocycles. The highest BCUT2D eigenvalue weighted by atomic mass is 79.9. The number of aliphatic hydroxyl groups excluding tert-OH is 1. The van der Waals surface area contributed by atoms with Crippen LogP contribution in [-0.2, 0) is 4.74 Å². The van der Waals surface area contributed by atoms with Gasteiger partial charge in [0.2, 0.25) is 0 Å². The molecule has 2 unspecified atom stereocenters. The quantitative estimate of drug-likeness (QED) is 0.673. The summed E-state index contributed by atoms with van der Waals surface area (Å²) in [5, 5.41) is 11.0. The van der Waals surface area contributed by atoms with Gasteiger partial charge in [0.15, 0.2) is 0 Å². The van der Waals surface area contributed by atoms with E-state index in [9.17, 15) is 5.11 Å². The summed E-state index contributed by atoms with van der Waals surface area (Å²) in [7, 11) is 0. The average Bonchev–Trinajstić information content (AvgIpc) is 2.61. The first-order valence-corrected chi connectivity index (χ1v) is 8.93. The van der Waals surface area contributed by atoms with Crippen LogP contribution in [0.15, 0.2) is 59.1 Å². The molecule has 1 aliphatic rings. The van der Waals surface area contributed by atoms with Gasteiger partial charge in [0.25, 0.3) is 0 Å². The Bertz CT molecular complexity index is 603. The van der Waals surface area contributed by atoms with Gasteiger partial charge in [-0.25, -0.2) is 0 Å². The van der Waals surface area contributed by atoms with Crippen molar-refractivity contribution < 1.29 is 27.2 Å². The molecule has 1 heterocycles. The van der Waals surface area contributed by atoms with Gasteiger partial charge >= 0.3 is 0 Å². The Balaban J connectivity index is 0.00000208. The number of ether oxygens (including phenoxy) is 1. The van der Waals surface area contributed by atoms with Crippen LogP contribution in [0.1, 0.15) is 23.1 Å². The molecule has 2 aromatic carbocycles. The maximum absolute atomic E-state index is 11.0. The fourth-order valence-electron chi connectivity index (χ4n) is 3.18. The van der Waals surface area contributed by atoms with Gasteiger partial charge in [-0.3, -0.25) is 0 Å². The summed E-state index contributed by atoms with van der Waals surface area (Å²) in [5.74, 6) is 0.0884. The summed E-state index contributed by atoms with van der Waals surface area (Å²) in [6.45, 7) is 4.56. The molecule has 0 aliphatic carbocycles. The molecule has 1 saturated heterocycles. The molecule has 3 rings (SSSR count). The highest BCUT2D eigenvalue weighted by Crippen LogP contribution is 2.30. The number of rotatable bonds is 5. The number of aliphatic hydroxyl groups is 1. The molecule has 2 atom stereocenters. The van der Waals surface area contributed by atoms with E-state index < -0.39 is 6.10 Å². The second-order valence-electron chi connectivity index (χ2n) is 6.08. The minimum absolute atomic E-state index is 0. The van der Waals surface area contributed by atoms with Crippen LogP contribution in [0.4, 0.5) is 0 Å². The van der Waals surface area contributed by atoms with Gasteiger partial charge in [-0.15, -0.1) is 0 Å². The predicted molar refractivity (Wildman–Crippen MR) is 94.7 cm³/mol. The van der Waals surface area contributed by atoms with E-state index >= 15 is 0 Å². The highest BCUT2D eigenvalue weighted by molar-refractivity contribution is 9.10. The van der Waals surface area contributed by atoms with E-state index in [0.717, 1.165) is 42.9 Å². The van der Waals surface area contributed by atoms with Gasteiger partial charge in [0, 0.05) is 4.47 Å². The third kappa shape index (κ3) is 5.04. The summed E-state index contributed by atoms with van der Waals surface area (Å²) < 4.78 is 6.49. The fourth-order valence-corrected chi connectivity index (χ4v) is 3.44. The van der Waals surface area contributed by atoms with E-state index in [2.05, 4.69) is 28.1 Å². The molecule has 2 N–H and O–H groups in total. The largest absolute Gasteiger partial charge is 1.00 e. The highest BCUT2D eigenvalue weighted by Gasteiger charge is 2.28. The van der Waals surface area contributed by atoms with Crippen LogP contribution in [0.5, 0.6) is 0 Å². The number of halogens is 2. The fraction of sp³-hybridized carbons (Fsp3) is 0.368.